The largest absolute Gasteiger partial charge is 0.390 e. The minimum absolute atomic E-state index is 0.0114. The van der Waals surface area contributed by atoms with Crippen molar-refractivity contribution in [2.24, 2.45) is 70.9 Å². The van der Waals surface area contributed by atoms with Gasteiger partial charge in [0.15, 0.2) is 28.2 Å². The molecule has 6 heterocycles. The molecular weight excluding hydrogens is 1280 g/mol. The van der Waals surface area contributed by atoms with Crippen LogP contribution in [-0.2, 0) is 56.7 Å². The minimum Gasteiger partial charge on any atom is -0.390 e. The zero-order valence-electron chi connectivity index (χ0n) is 54.8. The maximum Gasteiger partial charge on any atom is 0.291 e. The molecule has 510 valence electrons. The first kappa shape index (κ1) is 69.4. The predicted molar refractivity (Wildman–Crippen MR) is 363 cm³/mol. The van der Waals surface area contributed by atoms with Crippen molar-refractivity contribution in [1.29, 1.82) is 0 Å². The molecule has 27 nitrogen and oxygen atoms in total. The smallest absolute Gasteiger partial charge is 0.291 e. The number of allylic oxidation sites excluding steroid dienone is 4. The molecule has 7 amide bonds. The molecule has 10 rings (SSSR count). The fourth-order valence-electron chi connectivity index (χ4n) is 14.6. The van der Waals surface area contributed by atoms with E-state index in [9.17, 15) is 53.4 Å². The summed E-state index contributed by atoms with van der Waals surface area (Å²) in [6.45, 7) is 6.47. The van der Waals surface area contributed by atoms with Crippen LogP contribution in [0.5, 0.6) is 0 Å². The predicted octanol–water partition coefficient (Wildman–Crippen LogP) is 5.11. The number of ketones is 2. The average Bonchev–Trinajstić information content (AvgIpc) is 1.33. The van der Waals surface area contributed by atoms with E-state index in [0.29, 0.717) is 82.8 Å². The molecule has 4 aliphatic rings. The molecule has 6 aromatic heterocycles. The average molecular weight is 1360 g/mol. The van der Waals surface area contributed by atoms with Crippen molar-refractivity contribution in [3.8, 4) is 0 Å². The fraction of sp³-hybridized carbons (Fsp3) is 0.439. The highest BCUT2D eigenvalue weighted by molar-refractivity contribution is 8.00. The summed E-state index contributed by atoms with van der Waals surface area (Å²) in [5.41, 5.74) is -2.45. The molecule has 0 aromatic carbocycles. The highest BCUT2D eigenvalue weighted by atomic mass is 32.2. The summed E-state index contributed by atoms with van der Waals surface area (Å²) in [4.78, 5) is 123. The number of aliphatic hydroxyl groups is 2. The Morgan fingerprint density at radius 3 is 1.62 bits per heavy atom. The van der Waals surface area contributed by atoms with Crippen LogP contribution >= 0.6 is 24.0 Å². The molecule has 3 fully saturated rings. The normalized spacial score (nSPS) is 23.2. The molecule has 30 heteroatoms. The number of rotatable bonds is 24. The van der Waals surface area contributed by atoms with Crippen LogP contribution in [0.25, 0.3) is 0 Å². The second-order valence-electron chi connectivity index (χ2n) is 25.8. The number of imidazole rings is 1. The van der Waals surface area contributed by atoms with E-state index in [2.05, 4.69) is 52.8 Å². The van der Waals surface area contributed by atoms with E-state index in [0.717, 1.165) is 0 Å². The maximum absolute atomic E-state index is 17.6. The molecule has 4 aliphatic carbocycles. The number of alkyl halides is 1. The summed E-state index contributed by atoms with van der Waals surface area (Å²) in [5, 5.41) is 50.0. The summed E-state index contributed by atoms with van der Waals surface area (Å²) in [6.07, 6.45) is 15.7. The third kappa shape index (κ3) is 13.6. The SMILES string of the molecule is C[C@@H]1C[C@H]2[C@@H]3CCC4=CC(=O)C=C[C@]4(C)[C@@]3(F)[C@@H](O)C[C@]2(C)[C@@]1(O)C(=O)CSCCNC(=S)NCCNC(=O)c1cc(NC(=O)c2cc(NC(=O)c3cc(NC(=O)c4cc(NC(=O)CCCNC(=O)c5cc(NC(=O)c6nccn6C)cn5C)cn4C)cn3C)cn2C)cn1C. The Morgan fingerprint density at radius 1 is 0.646 bits per heavy atom. The van der Waals surface area contributed by atoms with Crippen LogP contribution in [0.4, 0.5) is 32.8 Å². The van der Waals surface area contributed by atoms with Gasteiger partial charge in [0.2, 0.25) is 5.91 Å². The first-order valence-corrected chi connectivity index (χ1v) is 33.1. The number of aliphatic hydroxyl groups excluding tert-OH is 1. The number of Topliss-reactive ketones (excluding diaryl/α,β-unsaturated/α-hetero) is 1. The standard InChI is InChI=1S/C66H81FN16O11S2/c1-37-23-46-45-13-12-38-24-44(84)14-15-63(38,2)65(45,67)52(85)30-64(46,3)66(37,94)53(86)36-96-22-20-72-62(95)71-18-17-70-57(89)48-26-40(32-79(48)5)74-59(91)50-29-42(34-82(50)8)76-60(92)51-28-41(33-83(51)9)75-58(90)49-25-39(31-81(49)7)73-54(87)11-10-16-69-56(88)47-27-43(35-80(47)6)77-61(93)55-68-19-21-78(55)4/h14-15,19,21,24-29,31-35,37,45-46,52,85,94H,10-13,16-18,20,22-23,30,36H2,1-9H3,(H,69,88)(H,70,89)(H,73,87)(H,74,91)(H,75,90)(H,76,92)(H,77,93)(H2,71,72,95)/t37-,45+,46+,52+,63+,64+,65+,66+/m1/s1. The van der Waals surface area contributed by atoms with Crippen molar-refractivity contribution < 1.29 is 57.8 Å². The van der Waals surface area contributed by atoms with Crippen molar-refractivity contribution in [2.45, 2.75) is 76.7 Å². The van der Waals surface area contributed by atoms with Gasteiger partial charge in [0.1, 0.15) is 34.1 Å². The van der Waals surface area contributed by atoms with Crippen molar-refractivity contribution in [3.05, 3.63) is 132 Å². The third-order valence-electron chi connectivity index (χ3n) is 19.5. The monoisotopic (exact) mass is 1360 g/mol. The van der Waals surface area contributed by atoms with Crippen LogP contribution in [0, 0.1) is 28.6 Å². The number of anilines is 5. The molecule has 0 bridgehead atoms. The van der Waals surface area contributed by atoms with Crippen LogP contribution < -0.4 is 47.9 Å². The van der Waals surface area contributed by atoms with E-state index in [-0.39, 0.29) is 96.1 Å². The first-order valence-electron chi connectivity index (χ1n) is 31.5. The van der Waals surface area contributed by atoms with E-state index in [1.54, 1.807) is 112 Å². The lowest BCUT2D eigenvalue weighted by molar-refractivity contribution is -0.218. The number of carbonyl (C=O) groups excluding carboxylic acids is 9. The number of nitrogens with zero attached hydrogens (tertiary/aromatic N) is 7. The quantitative estimate of drug-likeness (QED) is 0.0277. The summed E-state index contributed by atoms with van der Waals surface area (Å²) in [6, 6.07) is 7.55. The molecule has 0 saturated heterocycles. The number of halogens is 1. The van der Waals surface area contributed by atoms with E-state index >= 15 is 4.39 Å². The Balaban J connectivity index is 0.613. The van der Waals surface area contributed by atoms with E-state index in [4.69, 9.17) is 12.2 Å². The van der Waals surface area contributed by atoms with E-state index in [1.807, 2.05) is 13.8 Å². The van der Waals surface area contributed by atoms with Gasteiger partial charge in [-0.3, -0.25) is 43.2 Å². The highest BCUT2D eigenvalue weighted by Crippen LogP contribution is 2.70. The molecule has 11 N–H and O–H groups in total. The van der Waals surface area contributed by atoms with Gasteiger partial charge in [-0.2, -0.15) is 11.8 Å². The van der Waals surface area contributed by atoms with E-state index < -0.39 is 69.6 Å². The molecule has 0 spiro atoms. The Bertz CT molecular complexity index is 4170. The second-order valence-corrected chi connectivity index (χ2v) is 27.3. The van der Waals surface area contributed by atoms with Crippen LogP contribution in [0.2, 0.25) is 0 Å². The lowest BCUT2D eigenvalue weighted by atomic mass is 9.44. The van der Waals surface area contributed by atoms with Crippen LogP contribution in [-0.4, -0.2) is 156 Å². The number of nitrogens with one attached hydrogen (secondary N) is 9. The zero-order valence-corrected chi connectivity index (χ0v) is 56.5. The van der Waals surface area contributed by atoms with Crippen molar-refractivity contribution in [2.75, 3.05) is 64.3 Å². The lowest BCUT2D eigenvalue weighted by Gasteiger charge is -2.62. The number of aryl methyl sites for hydroxylation is 6. The van der Waals surface area contributed by atoms with Crippen molar-refractivity contribution in [3.63, 3.8) is 0 Å². The van der Waals surface area contributed by atoms with Gasteiger partial charge in [-0.05, 0) is 106 Å². The van der Waals surface area contributed by atoms with Gasteiger partial charge in [0.25, 0.3) is 35.4 Å². The number of aromatic nitrogens is 7. The number of thiocarbonyl (C=S) groups is 1. The van der Waals surface area contributed by atoms with Gasteiger partial charge < -0.3 is 85.5 Å². The Labute approximate surface area is 562 Å². The van der Waals surface area contributed by atoms with Crippen molar-refractivity contribution in [1.82, 2.24) is 53.7 Å². The number of fused-ring (bicyclic) bond motifs is 5. The number of amides is 7. The summed E-state index contributed by atoms with van der Waals surface area (Å²) >= 11 is 6.78. The van der Waals surface area contributed by atoms with Crippen LogP contribution in [0.1, 0.15) is 122 Å². The van der Waals surface area contributed by atoms with Gasteiger partial charge in [-0.25, -0.2) is 9.37 Å². The van der Waals surface area contributed by atoms with Gasteiger partial charge in [-0.1, -0.05) is 25.5 Å². The number of thioether (sulfide) groups is 1. The molecule has 96 heavy (non-hydrogen) atoms. The number of hydrogen-bond donors (Lipinski definition) is 11. The summed E-state index contributed by atoms with van der Waals surface area (Å²) in [7, 11) is 9.93. The second kappa shape index (κ2) is 27.8. The molecule has 0 radical (unpaired) electrons. The van der Waals surface area contributed by atoms with Gasteiger partial charge in [-0.15, -0.1) is 0 Å². The highest BCUT2D eigenvalue weighted by Gasteiger charge is 2.75. The van der Waals surface area contributed by atoms with Gasteiger partial charge in [0.05, 0.1) is 40.3 Å². The first-order chi connectivity index (χ1) is 45.4. The molecule has 3 saturated carbocycles. The van der Waals surface area contributed by atoms with E-state index in [1.165, 1.54) is 68.1 Å². The van der Waals surface area contributed by atoms with Crippen LogP contribution in [0.15, 0.2) is 97.5 Å². The number of hydrogen-bond acceptors (Lipinski definition) is 14. The van der Waals surface area contributed by atoms with Gasteiger partial charge >= 0.3 is 0 Å². The Kier molecular flexibility index (Phi) is 20.1. The molecule has 0 aliphatic heterocycles. The number of carbonyl (C=O) groups is 9. The minimum atomic E-state index is -2.06. The topological polar surface area (TPSA) is 345 Å². The Morgan fingerprint density at radius 2 is 1.11 bits per heavy atom. The maximum atomic E-state index is 17.6. The fourth-order valence-corrected chi connectivity index (χ4v) is 15.6. The van der Waals surface area contributed by atoms with Crippen LogP contribution in [0.3, 0.4) is 0 Å². The molecule has 0 unspecified atom stereocenters. The summed E-state index contributed by atoms with van der Waals surface area (Å²) < 4.78 is 26.9. The van der Waals surface area contributed by atoms with Crippen molar-refractivity contribution >= 4 is 110 Å². The molecular formula is C66H81FN16O11S2. The zero-order chi connectivity index (χ0) is 69.3. The molecule has 8 atom stereocenters. The lowest BCUT2D eigenvalue weighted by Crippen LogP contribution is -2.69. The molecule has 6 aromatic rings. The van der Waals surface area contributed by atoms with Gasteiger partial charge in [0, 0.05) is 141 Å². The summed E-state index contributed by atoms with van der Waals surface area (Å²) in [5.74, 6) is -4.39. The Hall–Kier alpha value is -9.39. The third-order valence-corrected chi connectivity index (χ3v) is 20.8.